The van der Waals surface area contributed by atoms with Gasteiger partial charge in [-0.15, -0.1) is 23.4 Å². The minimum absolute atomic E-state index is 0.154. The maximum Gasteiger partial charge on any atom is 0.235 e. The first-order valence-electron chi connectivity index (χ1n) is 5.12. The molecule has 1 saturated heterocycles. The Morgan fingerprint density at radius 3 is 2.93 bits per heavy atom. The van der Waals surface area contributed by atoms with Crippen molar-refractivity contribution in [1.29, 1.82) is 0 Å². The molecule has 14 heavy (non-hydrogen) atoms. The Morgan fingerprint density at radius 2 is 2.43 bits per heavy atom. The van der Waals surface area contributed by atoms with Gasteiger partial charge in [-0.3, -0.25) is 4.79 Å². The monoisotopic (exact) mass is 235 g/mol. The van der Waals surface area contributed by atoms with Crippen molar-refractivity contribution >= 4 is 29.3 Å². The molecule has 1 fully saturated rings. The van der Waals surface area contributed by atoms with Crippen molar-refractivity contribution in [2.24, 2.45) is 0 Å². The molecule has 2 unspecified atom stereocenters. The van der Waals surface area contributed by atoms with Crippen molar-refractivity contribution in [3.63, 3.8) is 0 Å². The minimum Gasteiger partial charge on any atom is -0.345 e. The molecule has 1 amide bonds. The zero-order valence-corrected chi connectivity index (χ0v) is 10.4. The van der Waals surface area contributed by atoms with E-state index >= 15 is 0 Å². The van der Waals surface area contributed by atoms with Gasteiger partial charge in [-0.25, -0.2) is 0 Å². The lowest BCUT2D eigenvalue weighted by Gasteiger charge is -2.20. The first kappa shape index (κ1) is 12.2. The van der Waals surface area contributed by atoms with E-state index < -0.39 is 0 Å². The van der Waals surface area contributed by atoms with Crippen LogP contribution in [0.4, 0.5) is 0 Å². The van der Waals surface area contributed by atoms with Gasteiger partial charge < -0.3 is 4.90 Å². The molecular weight excluding hydrogens is 218 g/mol. The van der Waals surface area contributed by atoms with Crippen LogP contribution < -0.4 is 0 Å². The molecule has 4 heteroatoms. The van der Waals surface area contributed by atoms with E-state index in [1.807, 2.05) is 18.9 Å². The summed E-state index contributed by atoms with van der Waals surface area (Å²) < 4.78 is 0. The molecular formula is C10H18ClNOS. The lowest BCUT2D eigenvalue weighted by molar-refractivity contribution is -0.129. The molecule has 0 aromatic rings. The molecule has 0 saturated carbocycles. The van der Waals surface area contributed by atoms with E-state index in [4.69, 9.17) is 11.6 Å². The molecule has 0 aromatic heterocycles. The van der Waals surface area contributed by atoms with Crippen LogP contribution in [0.3, 0.4) is 0 Å². The lowest BCUT2D eigenvalue weighted by atomic mass is 10.2. The summed E-state index contributed by atoms with van der Waals surface area (Å²) in [6.07, 6.45) is 3.10. The quantitative estimate of drug-likeness (QED) is 0.698. The highest BCUT2D eigenvalue weighted by molar-refractivity contribution is 8.00. The molecule has 0 aromatic carbocycles. The SMILES string of the molecule is CC(Cl)CCN(C)C(=O)C1CCCS1. The minimum atomic E-state index is 0.154. The van der Waals surface area contributed by atoms with Crippen LogP contribution in [0.5, 0.6) is 0 Å². The third-order valence-corrected chi connectivity index (χ3v) is 4.03. The van der Waals surface area contributed by atoms with E-state index in [2.05, 4.69) is 0 Å². The van der Waals surface area contributed by atoms with Crippen LogP contribution in [-0.2, 0) is 4.79 Å². The molecule has 1 rings (SSSR count). The Labute approximate surface area is 95.4 Å². The highest BCUT2D eigenvalue weighted by Crippen LogP contribution is 2.27. The predicted molar refractivity (Wildman–Crippen MR) is 63.0 cm³/mol. The molecule has 0 aliphatic carbocycles. The van der Waals surface area contributed by atoms with Gasteiger partial charge in [0.2, 0.25) is 5.91 Å². The second kappa shape index (κ2) is 5.86. The zero-order valence-electron chi connectivity index (χ0n) is 8.83. The van der Waals surface area contributed by atoms with Crippen molar-refractivity contribution in [2.45, 2.75) is 36.8 Å². The van der Waals surface area contributed by atoms with E-state index in [0.29, 0.717) is 0 Å². The normalized spacial score (nSPS) is 23.5. The number of hydrogen-bond donors (Lipinski definition) is 0. The molecule has 0 radical (unpaired) electrons. The first-order valence-corrected chi connectivity index (χ1v) is 6.60. The number of thioether (sulfide) groups is 1. The number of halogens is 1. The van der Waals surface area contributed by atoms with E-state index in [-0.39, 0.29) is 16.5 Å². The molecule has 2 atom stereocenters. The fourth-order valence-corrected chi connectivity index (χ4v) is 2.87. The van der Waals surface area contributed by atoms with Crippen molar-refractivity contribution in [2.75, 3.05) is 19.3 Å². The fraction of sp³-hybridized carbons (Fsp3) is 0.900. The average Bonchev–Trinajstić information content (AvgIpc) is 2.65. The van der Waals surface area contributed by atoms with Crippen LogP contribution in [0, 0.1) is 0 Å². The molecule has 1 aliphatic rings. The van der Waals surface area contributed by atoms with Crippen LogP contribution >= 0.6 is 23.4 Å². The summed E-state index contributed by atoms with van der Waals surface area (Å²) in [7, 11) is 1.88. The number of nitrogens with zero attached hydrogens (tertiary/aromatic N) is 1. The van der Waals surface area contributed by atoms with Gasteiger partial charge in [0.15, 0.2) is 0 Å². The van der Waals surface area contributed by atoms with Gasteiger partial charge in [0.1, 0.15) is 0 Å². The van der Waals surface area contributed by atoms with Gasteiger partial charge in [-0.05, 0) is 31.9 Å². The largest absolute Gasteiger partial charge is 0.345 e. The van der Waals surface area contributed by atoms with Gasteiger partial charge in [-0.2, -0.15) is 0 Å². The summed E-state index contributed by atoms with van der Waals surface area (Å²) in [4.78, 5) is 13.6. The number of alkyl halides is 1. The molecule has 2 nitrogen and oxygen atoms in total. The summed E-state index contributed by atoms with van der Waals surface area (Å²) in [6.45, 7) is 2.74. The summed E-state index contributed by atoms with van der Waals surface area (Å²) in [5, 5.41) is 0.368. The molecule has 0 bridgehead atoms. The van der Waals surface area contributed by atoms with Crippen LogP contribution in [0.1, 0.15) is 26.2 Å². The zero-order chi connectivity index (χ0) is 10.6. The number of carbonyl (C=O) groups is 1. The van der Waals surface area contributed by atoms with Gasteiger partial charge >= 0.3 is 0 Å². The Hall–Kier alpha value is 0.110. The van der Waals surface area contributed by atoms with Gasteiger partial charge in [0.25, 0.3) is 0 Å². The summed E-state index contributed by atoms with van der Waals surface area (Å²) in [5.74, 6) is 1.42. The fourth-order valence-electron chi connectivity index (χ4n) is 1.50. The van der Waals surface area contributed by atoms with E-state index in [1.54, 1.807) is 11.8 Å². The van der Waals surface area contributed by atoms with Crippen molar-refractivity contribution in [1.82, 2.24) is 4.90 Å². The summed E-state index contributed by atoms with van der Waals surface area (Å²) in [5.41, 5.74) is 0. The smallest absolute Gasteiger partial charge is 0.235 e. The summed E-state index contributed by atoms with van der Waals surface area (Å²) in [6, 6.07) is 0. The van der Waals surface area contributed by atoms with E-state index in [9.17, 15) is 4.79 Å². The molecule has 1 aliphatic heterocycles. The van der Waals surface area contributed by atoms with Crippen molar-refractivity contribution in [3.05, 3.63) is 0 Å². The highest BCUT2D eigenvalue weighted by atomic mass is 35.5. The number of carbonyl (C=O) groups excluding carboxylic acids is 1. The van der Waals surface area contributed by atoms with Crippen LogP contribution in [-0.4, -0.2) is 40.8 Å². The van der Waals surface area contributed by atoms with E-state index in [1.165, 1.54) is 6.42 Å². The predicted octanol–water partition coefficient (Wildman–Crippen LogP) is 2.36. The number of rotatable bonds is 4. The average molecular weight is 236 g/mol. The maximum atomic E-state index is 11.8. The summed E-state index contributed by atoms with van der Waals surface area (Å²) >= 11 is 7.63. The molecule has 1 heterocycles. The Morgan fingerprint density at radius 1 is 1.71 bits per heavy atom. The first-order chi connectivity index (χ1) is 6.61. The van der Waals surface area contributed by atoms with Crippen molar-refractivity contribution < 1.29 is 4.79 Å². The molecule has 82 valence electrons. The topological polar surface area (TPSA) is 20.3 Å². The Balaban J connectivity index is 2.28. The van der Waals surface area contributed by atoms with Crippen LogP contribution in [0.2, 0.25) is 0 Å². The second-order valence-corrected chi connectivity index (χ2v) is 5.89. The third-order valence-electron chi connectivity index (χ3n) is 2.44. The van der Waals surface area contributed by atoms with Gasteiger partial charge in [0.05, 0.1) is 5.25 Å². The van der Waals surface area contributed by atoms with Crippen LogP contribution in [0.15, 0.2) is 0 Å². The van der Waals surface area contributed by atoms with Gasteiger partial charge in [0, 0.05) is 19.0 Å². The Kier molecular flexibility index (Phi) is 5.10. The van der Waals surface area contributed by atoms with E-state index in [0.717, 1.165) is 25.1 Å². The third kappa shape index (κ3) is 3.70. The maximum absolute atomic E-state index is 11.8. The number of amides is 1. The molecule has 0 N–H and O–H groups in total. The van der Waals surface area contributed by atoms with Crippen LogP contribution in [0.25, 0.3) is 0 Å². The second-order valence-electron chi connectivity index (χ2n) is 3.83. The van der Waals surface area contributed by atoms with Crippen molar-refractivity contribution in [3.8, 4) is 0 Å². The molecule has 0 spiro atoms. The number of hydrogen-bond acceptors (Lipinski definition) is 2. The Bertz CT molecular complexity index is 193. The lowest BCUT2D eigenvalue weighted by Crippen LogP contribution is -2.34. The standard InChI is InChI=1S/C10H18ClNOS/c1-8(11)5-6-12(2)10(13)9-4-3-7-14-9/h8-9H,3-7H2,1-2H3. The van der Waals surface area contributed by atoms with Gasteiger partial charge in [-0.1, -0.05) is 0 Å². The highest BCUT2D eigenvalue weighted by Gasteiger charge is 2.25.